The van der Waals surface area contributed by atoms with Crippen molar-refractivity contribution in [1.29, 1.82) is 0 Å². The summed E-state index contributed by atoms with van der Waals surface area (Å²) in [6.07, 6.45) is 4.92. The third kappa shape index (κ3) is 6.24. The van der Waals surface area contributed by atoms with E-state index >= 15 is 0 Å². The van der Waals surface area contributed by atoms with E-state index in [9.17, 15) is 9.59 Å². The molecule has 5 nitrogen and oxygen atoms in total. The van der Waals surface area contributed by atoms with Crippen LogP contribution in [0.1, 0.15) is 73.0 Å². The highest BCUT2D eigenvalue weighted by molar-refractivity contribution is 7.17. The summed E-state index contributed by atoms with van der Waals surface area (Å²) in [6, 6.07) is 17.1. The Morgan fingerprint density at radius 3 is 2.56 bits per heavy atom. The van der Waals surface area contributed by atoms with Crippen molar-refractivity contribution in [3.63, 3.8) is 0 Å². The van der Waals surface area contributed by atoms with E-state index in [0.717, 1.165) is 12.5 Å². The number of fused-ring (bicyclic) bond motifs is 1. The molecule has 1 fully saturated rings. The van der Waals surface area contributed by atoms with Crippen LogP contribution in [0.3, 0.4) is 0 Å². The minimum atomic E-state index is -0.0974. The molecule has 0 spiro atoms. The lowest BCUT2D eigenvalue weighted by molar-refractivity contribution is -0.118. The van der Waals surface area contributed by atoms with Crippen molar-refractivity contribution in [2.45, 2.75) is 51.5 Å². The van der Waals surface area contributed by atoms with Gasteiger partial charge in [-0.05, 0) is 91.1 Å². The summed E-state index contributed by atoms with van der Waals surface area (Å²) >= 11 is 1.83. The van der Waals surface area contributed by atoms with Crippen LogP contribution in [0.5, 0.6) is 0 Å². The molecule has 6 heteroatoms. The number of carbonyl (C=O) groups excluding carboxylic acids is 2. The minimum absolute atomic E-state index is 0.0881. The van der Waals surface area contributed by atoms with Crippen LogP contribution in [0.4, 0.5) is 0 Å². The number of nitrogens with one attached hydrogen (secondary N) is 3. The molecule has 3 aromatic rings. The van der Waals surface area contributed by atoms with E-state index in [1.807, 2.05) is 23.5 Å². The molecule has 3 unspecified atom stereocenters. The average molecular weight is 478 g/mol. The van der Waals surface area contributed by atoms with Gasteiger partial charge in [0.05, 0.1) is 0 Å². The van der Waals surface area contributed by atoms with Crippen LogP contribution in [0.25, 0.3) is 10.1 Å². The highest BCUT2D eigenvalue weighted by Gasteiger charge is 2.26. The maximum atomic E-state index is 12.3. The lowest BCUT2D eigenvalue weighted by Gasteiger charge is -2.16. The topological polar surface area (TPSA) is 70.2 Å². The van der Waals surface area contributed by atoms with Crippen molar-refractivity contribution in [1.82, 2.24) is 16.0 Å². The van der Waals surface area contributed by atoms with Crippen molar-refractivity contribution in [2.75, 3.05) is 19.6 Å². The number of rotatable bonds is 10. The highest BCUT2D eigenvalue weighted by atomic mass is 32.1. The van der Waals surface area contributed by atoms with Crippen LogP contribution in [0.2, 0.25) is 0 Å². The summed E-state index contributed by atoms with van der Waals surface area (Å²) in [5, 5.41) is 12.9. The van der Waals surface area contributed by atoms with Crippen molar-refractivity contribution >= 4 is 33.2 Å². The van der Waals surface area contributed by atoms with E-state index in [1.54, 1.807) is 0 Å². The normalized spacial score (nSPS) is 18.6. The maximum absolute atomic E-state index is 12.3. The lowest BCUT2D eigenvalue weighted by atomic mass is 9.94. The Hall–Kier alpha value is -2.70. The Bertz CT molecular complexity index is 1110. The molecule has 1 heterocycles. The lowest BCUT2D eigenvalue weighted by Crippen LogP contribution is -2.33. The van der Waals surface area contributed by atoms with Gasteiger partial charge >= 0.3 is 0 Å². The van der Waals surface area contributed by atoms with Gasteiger partial charge in [0.1, 0.15) is 0 Å². The molecular formula is C28H35N3O2S. The van der Waals surface area contributed by atoms with Gasteiger partial charge in [-0.1, -0.05) is 30.3 Å². The van der Waals surface area contributed by atoms with E-state index in [1.165, 1.54) is 53.8 Å². The molecule has 0 radical (unpaired) electrons. The summed E-state index contributed by atoms with van der Waals surface area (Å²) in [5.74, 6) is 1.15. The highest BCUT2D eigenvalue weighted by Crippen LogP contribution is 2.40. The second kappa shape index (κ2) is 11.6. The van der Waals surface area contributed by atoms with E-state index in [2.05, 4.69) is 64.7 Å². The van der Waals surface area contributed by atoms with Crippen LogP contribution < -0.4 is 16.0 Å². The van der Waals surface area contributed by atoms with Gasteiger partial charge in [0.25, 0.3) is 5.91 Å². The van der Waals surface area contributed by atoms with E-state index in [-0.39, 0.29) is 11.8 Å². The molecule has 1 saturated carbocycles. The Kier molecular flexibility index (Phi) is 8.35. The predicted molar refractivity (Wildman–Crippen MR) is 140 cm³/mol. The molecular weight excluding hydrogens is 442 g/mol. The molecule has 0 bridgehead atoms. The summed E-state index contributed by atoms with van der Waals surface area (Å²) in [6.45, 7) is 5.65. The van der Waals surface area contributed by atoms with Crippen LogP contribution >= 0.6 is 11.3 Å². The Balaban J connectivity index is 1.20. The number of benzene rings is 2. The van der Waals surface area contributed by atoms with Crippen molar-refractivity contribution in [3.05, 3.63) is 70.6 Å². The summed E-state index contributed by atoms with van der Waals surface area (Å²) in [5.41, 5.74) is 3.41. The zero-order chi connectivity index (χ0) is 23.9. The fourth-order valence-electron chi connectivity index (χ4n) is 5.01. The van der Waals surface area contributed by atoms with E-state index in [4.69, 9.17) is 0 Å². The number of carbonyl (C=O) groups is 2. The third-order valence-corrected chi connectivity index (χ3v) is 7.93. The fraction of sp³-hybridized carbons (Fsp3) is 0.429. The van der Waals surface area contributed by atoms with Crippen LogP contribution in [0, 0.1) is 5.92 Å². The third-order valence-electron chi connectivity index (χ3n) is 6.95. The number of thiophene rings is 1. The quantitative estimate of drug-likeness (QED) is 0.343. The fourth-order valence-corrected chi connectivity index (χ4v) is 6.07. The first-order valence-electron chi connectivity index (χ1n) is 12.3. The largest absolute Gasteiger partial charge is 0.355 e. The zero-order valence-corrected chi connectivity index (χ0v) is 20.9. The molecule has 1 aliphatic rings. The number of hydrogen-bond acceptors (Lipinski definition) is 4. The molecule has 0 aliphatic heterocycles. The summed E-state index contributed by atoms with van der Waals surface area (Å²) in [7, 11) is 0. The van der Waals surface area contributed by atoms with Crippen LogP contribution in [0.15, 0.2) is 53.9 Å². The molecule has 3 atom stereocenters. The molecule has 2 aromatic carbocycles. The summed E-state index contributed by atoms with van der Waals surface area (Å²) < 4.78 is 1.36. The Labute approximate surface area is 206 Å². The molecule has 4 rings (SSSR count). The average Bonchev–Trinajstić information content (AvgIpc) is 3.49. The number of amides is 2. The molecule has 3 N–H and O–H groups in total. The van der Waals surface area contributed by atoms with Crippen molar-refractivity contribution < 1.29 is 9.59 Å². The first-order valence-corrected chi connectivity index (χ1v) is 13.2. The Morgan fingerprint density at radius 2 is 1.76 bits per heavy atom. The van der Waals surface area contributed by atoms with Crippen LogP contribution in [-0.4, -0.2) is 31.4 Å². The minimum Gasteiger partial charge on any atom is -0.355 e. The smallest absolute Gasteiger partial charge is 0.251 e. The SMILES string of the molecule is CC(=O)NCCNC(=O)c1ccc(C2CCC(CCNC(C)c3csc4ccccc34)C2)cc1. The van der Waals surface area contributed by atoms with E-state index in [0.29, 0.717) is 30.6 Å². The van der Waals surface area contributed by atoms with Crippen LogP contribution in [-0.2, 0) is 4.79 Å². The van der Waals surface area contributed by atoms with Gasteiger partial charge in [0, 0.05) is 36.3 Å². The second-order valence-electron chi connectivity index (χ2n) is 9.39. The molecule has 34 heavy (non-hydrogen) atoms. The monoisotopic (exact) mass is 477 g/mol. The van der Waals surface area contributed by atoms with Gasteiger partial charge in [0.15, 0.2) is 0 Å². The molecule has 1 aliphatic carbocycles. The van der Waals surface area contributed by atoms with Gasteiger partial charge in [-0.3, -0.25) is 9.59 Å². The van der Waals surface area contributed by atoms with Gasteiger partial charge in [-0.15, -0.1) is 11.3 Å². The molecule has 0 saturated heterocycles. The number of hydrogen-bond donors (Lipinski definition) is 3. The maximum Gasteiger partial charge on any atom is 0.251 e. The molecule has 2 amide bonds. The Morgan fingerprint density at radius 1 is 1.00 bits per heavy atom. The van der Waals surface area contributed by atoms with Crippen molar-refractivity contribution in [3.8, 4) is 0 Å². The standard InChI is InChI=1S/C28H35N3O2S/c1-19(26-18-34-27-6-4-3-5-25(26)27)29-14-13-21-7-8-24(17-21)22-9-11-23(12-10-22)28(33)31-16-15-30-20(2)32/h3-6,9-12,18-19,21,24,29H,7-8,13-17H2,1-2H3,(H,30,32)(H,31,33). The zero-order valence-electron chi connectivity index (χ0n) is 20.1. The second-order valence-corrected chi connectivity index (χ2v) is 10.3. The van der Waals surface area contributed by atoms with Gasteiger partial charge < -0.3 is 16.0 Å². The van der Waals surface area contributed by atoms with Crippen molar-refractivity contribution in [2.24, 2.45) is 5.92 Å². The summed E-state index contributed by atoms with van der Waals surface area (Å²) in [4.78, 5) is 23.2. The first kappa shape index (κ1) is 24.4. The van der Waals surface area contributed by atoms with E-state index < -0.39 is 0 Å². The molecule has 180 valence electrons. The first-order chi connectivity index (χ1) is 16.5. The van der Waals surface area contributed by atoms with Gasteiger partial charge in [0.2, 0.25) is 5.91 Å². The van der Waals surface area contributed by atoms with Gasteiger partial charge in [-0.2, -0.15) is 0 Å². The molecule has 1 aromatic heterocycles. The predicted octanol–water partition coefficient (Wildman–Crippen LogP) is 5.39. The van der Waals surface area contributed by atoms with Gasteiger partial charge in [-0.25, -0.2) is 0 Å².